The molecule has 1 aromatic carbocycles. The smallest absolute Gasteiger partial charge is 0.193 e. The Balaban J connectivity index is 1.34. The standard InChI is InChI=1S/C21H27N5O3/c1-15-14-26(7-10-27-15)20-6-3-16(12-23-20)13-24-21(22)25-17-4-5-18-19(11-17)29-9-2-8-28-18/h3-6,11-12,15H,2,7-10,13-14H2,1H3,(H3,22,24,25). The van der Waals surface area contributed by atoms with Gasteiger partial charge in [-0.05, 0) is 30.7 Å². The highest BCUT2D eigenvalue weighted by atomic mass is 16.5. The van der Waals surface area contributed by atoms with Crippen LogP contribution in [0.25, 0.3) is 0 Å². The molecule has 0 aliphatic carbocycles. The highest BCUT2D eigenvalue weighted by Gasteiger charge is 2.17. The lowest BCUT2D eigenvalue weighted by Crippen LogP contribution is -2.41. The highest BCUT2D eigenvalue weighted by molar-refractivity contribution is 5.92. The molecule has 2 aliphatic heterocycles. The lowest BCUT2D eigenvalue weighted by atomic mass is 10.2. The molecule has 4 rings (SSSR count). The number of nitrogens with two attached hydrogens (primary N) is 1. The molecule has 2 aromatic rings. The maximum atomic E-state index is 6.05. The third-order valence-electron chi connectivity index (χ3n) is 4.83. The summed E-state index contributed by atoms with van der Waals surface area (Å²) >= 11 is 0. The summed E-state index contributed by atoms with van der Waals surface area (Å²) in [6.07, 6.45) is 2.95. The summed E-state index contributed by atoms with van der Waals surface area (Å²) in [7, 11) is 0. The van der Waals surface area contributed by atoms with Gasteiger partial charge in [-0.15, -0.1) is 0 Å². The van der Waals surface area contributed by atoms with Crippen molar-refractivity contribution in [3.8, 4) is 11.5 Å². The number of morpholine rings is 1. The number of benzene rings is 1. The molecule has 0 amide bonds. The lowest BCUT2D eigenvalue weighted by molar-refractivity contribution is 0.0529. The first kappa shape index (κ1) is 19.3. The van der Waals surface area contributed by atoms with Crippen LogP contribution >= 0.6 is 0 Å². The number of aliphatic imine (C=N–C) groups is 1. The molecular formula is C21H27N5O3. The van der Waals surface area contributed by atoms with E-state index in [-0.39, 0.29) is 6.10 Å². The third-order valence-corrected chi connectivity index (χ3v) is 4.83. The van der Waals surface area contributed by atoms with E-state index in [0.29, 0.717) is 25.7 Å². The summed E-state index contributed by atoms with van der Waals surface area (Å²) in [5, 5.41) is 3.10. The minimum atomic E-state index is 0.227. The predicted molar refractivity (Wildman–Crippen MR) is 113 cm³/mol. The van der Waals surface area contributed by atoms with Gasteiger partial charge in [0, 0.05) is 37.5 Å². The maximum Gasteiger partial charge on any atom is 0.193 e. The number of aromatic nitrogens is 1. The zero-order valence-electron chi connectivity index (χ0n) is 16.6. The molecule has 1 fully saturated rings. The van der Waals surface area contributed by atoms with Gasteiger partial charge in [0.15, 0.2) is 17.5 Å². The normalized spacial score (nSPS) is 19.6. The van der Waals surface area contributed by atoms with E-state index in [1.54, 1.807) is 0 Å². The van der Waals surface area contributed by atoms with Crippen molar-refractivity contribution < 1.29 is 14.2 Å². The Kier molecular flexibility index (Phi) is 6.00. The van der Waals surface area contributed by atoms with Gasteiger partial charge in [0.1, 0.15) is 5.82 Å². The first-order chi connectivity index (χ1) is 14.2. The van der Waals surface area contributed by atoms with Crippen molar-refractivity contribution in [1.29, 1.82) is 0 Å². The molecule has 0 spiro atoms. The summed E-state index contributed by atoms with van der Waals surface area (Å²) < 4.78 is 16.9. The number of rotatable bonds is 4. The van der Waals surface area contributed by atoms with Crippen molar-refractivity contribution in [2.24, 2.45) is 10.7 Å². The van der Waals surface area contributed by atoms with Crippen molar-refractivity contribution in [2.45, 2.75) is 26.0 Å². The Bertz CT molecular complexity index is 856. The monoisotopic (exact) mass is 397 g/mol. The Morgan fingerprint density at radius 1 is 1.21 bits per heavy atom. The van der Waals surface area contributed by atoms with Crippen LogP contribution in [0.5, 0.6) is 11.5 Å². The second kappa shape index (κ2) is 9.00. The summed E-state index contributed by atoms with van der Waals surface area (Å²) in [5.41, 5.74) is 7.86. The van der Waals surface area contributed by atoms with Gasteiger partial charge in [0.25, 0.3) is 0 Å². The lowest BCUT2D eigenvalue weighted by Gasteiger charge is -2.32. The van der Waals surface area contributed by atoms with E-state index in [2.05, 4.69) is 27.1 Å². The zero-order valence-corrected chi connectivity index (χ0v) is 16.6. The summed E-state index contributed by atoms with van der Waals surface area (Å²) in [4.78, 5) is 11.2. The number of hydrogen-bond acceptors (Lipinski definition) is 6. The van der Waals surface area contributed by atoms with Crippen LogP contribution < -0.4 is 25.4 Å². The molecule has 1 aromatic heterocycles. The van der Waals surface area contributed by atoms with Gasteiger partial charge in [0.05, 0.1) is 32.5 Å². The number of ether oxygens (including phenoxy) is 3. The van der Waals surface area contributed by atoms with E-state index >= 15 is 0 Å². The minimum Gasteiger partial charge on any atom is -0.490 e. The van der Waals surface area contributed by atoms with Gasteiger partial charge in [0.2, 0.25) is 0 Å². The van der Waals surface area contributed by atoms with Gasteiger partial charge in [-0.25, -0.2) is 9.98 Å². The fraction of sp³-hybridized carbons (Fsp3) is 0.429. The first-order valence-corrected chi connectivity index (χ1v) is 9.95. The molecule has 0 saturated carbocycles. The molecule has 1 saturated heterocycles. The average molecular weight is 397 g/mol. The third kappa shape index (κ3) is 5.08. The molecule has 0 bridgehead atoms. The maximum absolute atomic E-state index is 6.05. The van der Waals surface area contributed by atoms with Crippen molar-refractivity contribution in [1.82, 2.24) is 4.98 Å². The molecule has 8 nitrogen and oxygen atoms in total. The Hall–Kier alpha value is -3.00. The van der Waals surface area contributed by atoms with Crippen molar-refractivity contribution in [3.05, 3.63) is 42.1 Å². The molecule has 0 radical (unpaired) electrons. The minimum absolute atomic E-state index is 0.227. The second-order valence-corrected chi connectivity index (χ2v) is 7.19. The van der Waals surface area contributed by atoms with Crippen LogP contribution in [-0.2, 0) is 11.3 Å². The number of fused-ring (bicyclic) bond motifs is 1. The Morgan fingerprint density at radius 3 is 2.86 bits per heavy atom. The number of anilines is 2. The average Bonchev–Trinajstić information content (AvgIpc) is 2.98. The van der Waals surface area contributed by atoms with Gasteiger partial charge in [-0.2, -0.15) is 0 Å². The van der Waals surface area contributed by atoms with Crippen LogP contribution in [0.3, 0.4) is 0 Å². The van der Waals surface area contributed by atoms with E-state index < -0.39 is 0 Å². The molecule has 154 valence electrons. The number of hydrogen-bond donors (Lipinski definition) is 2. The molecule has 2 aliphatic rings. The summed E-state index contributed by atoms with van der Waals surface area (Å²) in [6.45, 7) is 6.30. The van der Waals surface area contributed by atoms with E-state index in [1.807, 2.05) is 36.5 Å². The summed E-state index contributed by atoms with van der Waals surface area (Å²) in [6, 6.07) is 9.72. The predicted octanol–water partition coefficient (Wildman–Crippen LogP) is 2.39. The largest absolute Gasteiger partial charge is 0.490 e. The molecular weight excluding hydrogens is 370 g/mol. The highest BCUT2D eigenvalue weighted by Crippen LogP contribution is 2.32. The molecule has 1 atom stereocenters. The van der Waals surface area contributed by atoms with E-state index in [0.717, 1.165) is 54.7 Å². The van der Waals surface area contributed by atoms with E-state index in [9.17, 15) is 0 Å². The Labute approximate surface area is 170 Å². The SMILES string of the molecule is CC1CN(c2ccc(CN=C(N)Nc3ccc4c(c3)OCCCO4)cn2)CCO1. The molecule has 3 N–H and O–H groups in total. The van der Waals surface area contributed by atoms with Crippen molar-refractivity contribution in [2.75, 3.05) is 43.1 Å². The molecule has 1 unspecified atom stereocenters. The van der Waals surface area contributed by atoms with Gasteiger partial charge >= 0.3 is 0 Å². The van der Waals surface area contributed by atoms with E-state index in [4.69, 9.17) is 19.9 Å². The van der Waals surface area contributed by atoms with Crippen LogP contribution in [0.1, 0.15) is 18.9 Å². The second-order valence-electron chi connectivity index (χ2n) is 7.19. The van der Waals surface area contributed by atoms with Crippen LogP contribution in [0.4, 0.5) is 11.5 Å². The fourth-order valence-electron chi connectivity index (χ4n) is 3.33. The zero-order chi connectivity index (χ0) is 20.1. The van der Waals surface area contributed by atoms with Gasteiger partial charge < -0.3 is 30.2 Å². The topological polar surface area (TPSA) is 94.2 Å². The molecule has 29 heavy (non-hydrogen) atoms. The van der Waals surface area contributed by atoms with Crippen LogP contribution in [-0.4, -0.2) is 50.0 Å². The van der Waals surface area contributed by atoms with Crippen LogP contribution in [0.2, 0.25) is 0 Å². The Morgan fingerprint density at radius 2 is 2.07 bits per heavy atom. The first-order valence-electron chi connectivity index (χ1n) is 9.95. The number of nitrogens with zero attached hydrogens (tertiary/aromatic N) is 3. The summed E-state index contributed by atoms with van der Waals surface area (Å²) in [5.74, 6) is 2.78. The van der Waals surface area contributed by atoms with Gasteiger partial charge in [-0.3, -0.25) is 0 Å². The van der Waals surface area contributed by atoms with Crippen molar-refractivity contribution >= 4 is 17.5 Å². The molecule has 8 heteroatoms. The van der Waals surface area contributed by atoms with Gasteiger partial charge in [-0.1, -0.05) is 6.07 Å². The fourth-order valence-corrected chi connectivity index (χ4v) is 3.33. The number of pyridine rings is 1. The van der Waals surface area contributed by atoms with Crippen molar-refractivity contribution in [3.63, 3.8) is 0 Å². The van der Waals surface area contributed by atoms with Crippen LogP contribution in [0.15, 0.2) is 41.5 Å². The number of nitrogens with one attached hydrogen (secondary N) is 1. The van der Waals surface area contributed by atoms with Crippen LogP contribution in [0, 0.1) is 0 Å². The molecule has 3 heterocycles. The van der Waals surface area contributed by atoms with E-state index in [1.165, 1.54) is 0 Å². The quantitative estimate of drug-likeness (QED) is 0.604. The number of guanidine groups is 1.